The van der Waals surface area contributed by atoms with Gasteiger partial charge in [-0.05, 0) is 40.2 Å². The fourth-order valence-corrected chi connectivity index (χ4v) is 3.44. The molecule has 2 heterocycles. The molecule has 1 N–H and O–H groups in total. The van der Waals surface area contributed by atoms with Crippen molar-refractivity contribution in [2.75, 3.05) is 57.4 Å². The minimum atomic E-state index is -0.491. The smallest absolute Gasteiger partial charge is 0.133 e. The Balaban J connectivity index is 1.28. The van der Waals surface area contributed by atoms with Gasteiger partial charge in [-0.25, -0.2) is 4.98 Å². The molecule has 1 aromatic heterocycles. The van der Waals surface area contributed by atoms with E-state index >= 15 is 0 Å². The van der Waals surface area contributed by atoms with E-state index in [1.807, 2.05) is 48.7 Å². The summed E-state index contributed by atoms with van der Waals surface area (Å²) in [6, 6.07) is 13.7. The molecule has 1 fully saturated rings. The molecule has 2 aromatic rings. The summed E-state index contributed by atoms with van der Waals surface area (Å²) in [5, 5.41) is 10.2. The Labute approximate surface area is 168 Å². The van der Waals surface area contributed by atoms with Crippen LogP contribution in [-0.2, 0) is 4.74 Å². The molecular weight excluding hydrogens is 410 g/mol. The Bertz CT molecular complexity index is 681. The maximum absolute atomic E-state index is 10.2. The van der Waals surface area contributed by atoms with Gasteiger partial charge in [0, 0.05) is 38.9 Å². The van der Waals surface area contributed by atoms with E-state index in [9.17, 15) is 5.11 Å². The quantitative estimate of drug-likeness (QED) is 0.610. The van der Waals surface area contributed by atoms with Gasteiger partial charge in [-0.2, -0.15) is 0 Å². The highest BCUT2D eigenvalue weighted by Gasteiger charge is 2.20. The third-order valence-corrected chi connectivity index (χ3v) is 5.10. The van der Waals surface area contributed by atoms with Crippen LogP contribution in [0.5, 0.6) is 5.75 Å². The molecule has 1 saturated heterocycles. The Morgan fingerprint density at radius 3 is 2.56 bits per heavy atom. The van der Waals surface area contributed by atoms with Crippen molar-refractivity contribution in [1.29, 1.82) is 0 Å². The lowest BCUT2D eigenvalue weighted by Crippen LogP contribution is -2.49. The fraction of sp³-hybridized carbons (Fsp3) is 0.450. The maximum atomic E-state index is 10.2. The summed E-state index contributed by atoms with van der Waals surface area (Å²) in [5.41, 5.74) is 0. The van der Waals surface area contributed by atoms with Gasteiger partial charge in [0.25, 0.3) is 0 Å². The first-order valence-electron chi connectivity index (χ1n) is 9.24. The second kappa shape index (κ2) is 10.6. The van der Waals surface area contributed by atoms with Crippen molar-refractivity contribution in [2.45, 2.75) is 6.10 Å². The van der Waals surface area contributed by atoms with Gasteiger partial charge in [0.2, 0.25) is 0 Å². The van der Waals surface area contributed by atoms with Crippen molar-refractivity contribution < 1.29 is 14.6 Å². The van der Waals surface area contributed by atoms with E-state index in [1.165, 1.54) is 0 Å². The van der Waals surface area contributed by atoms with Crippen LogP contribution in [0.3, 0.4) is 0 Å². The van der Waals surface area contributed by atoms with Gasteiger partial charge in [-0.1, -0.05) is 18.2 Å². The number of aliphatic hydroxyl groups is 1. The van der Waals surface area contributed by atoms with Crippen molar-refractivity contribution >= 4 is 21.7 Å². The lowest BCUT2D eigenvalue weighted by molar-refractivity contribution is 0.00710. The van der Waals surface area contributed by atoms with Crippen LogP contribution in [-0.4, -0.2) is 73.6 Å². The summed E-state index contributed by atoms with van der Waals surface area (Å²) < 4.78 is 12.1. The molecule has 0 radical (unpaired) electrons. The highest BCUT2D eigenvalue weighted by molar-refractivity contribution is 9.10. The first-order valence-corrected chi connectivity index (χ1v) is 10.0. The van der Waals surface area contributed by atoms with Crippen LogP contribution in [0.1, 0.15) is 0 Å². The van der Waals surface area contributed by atoms with E-state index in [4.69, 9.17) is 9.47 Å². The summed E-state index contributed by atoms with van der Waals surface area (Å²) in [7, 11) is 0. The van der Waals surface area contributed by atoms with Crippen molar-refractivity contribution in [3.8, 4) is 5.75 Å². The maximum Gasteiger partial charge on any atom is 0.133 e. The molecule has 1 aromatic carbocycles. The molecule has 7 heteroatoms. The molecule has 6 nitrogen and oxygen atoms in total. The van der Waals surface area contributed by atoms with E-state index in [1.54, 1.807) is 0 Å². The predicted molar refractivity (Wildman–Crippen MR) is 109 cm³/mol. The van der Waals surface area contributed by atoms with Crippen molar-refractivity contribution in [3.63, 3.8) is 0 Å². The second-order valence-electron chi connectivity index (χ2n) is 6.48. The van der Waals surface area contributed by atoms with Crippen LogP contribution < -0.4 is 9.64 Å². The van der Waals surface area contributed by atoms with E-state index in [2.05, 4.69) is 30.7 Å². The second-order valence-corrected chi connectivity index (χ2v) is 7.34. The third kappa shape index (κ3) is 6.46. The largest absolute Gasteiger partial charge is 0.490 e. The number of piperazine rings is 1. The van der Waals surface area contributed by atoms with Crippen LogP contribution in [0.25, 0.3) is 0 Å². The van der Waals surface area contributed by atoms with E-state index in [0.29, 0.717) is 26.4 Å². The number of anilines is 1. The van der Waals surface area contributed by atoms with Crippen molar-refractivity contribution in [2.24, 2.45) is 0 Å². The standard InChI is InChI=1S/C20H26BrN3O3/c21-18-5-1-2-6-19(18)27-14-13-26-16-17(25)15-23-9-11-24(12-10-23)20-7-3-4-8-22-20/h1-8,17,25H,9-16H2/t17-/m0/s1. The molecule has 0 saturated carbocycles. The molecule has 27 heavy (non-hydrogen) atoms. The lowest BCUT2D eigenvalue weighted by atomic mass is 10.2. The van der Waals surface area contributed by atoms with Gasteiger partial charge in [0.15, 0.2) is 0 Å². The summed E-state index contributed by atoms with van der Waals surface area (Å²) in [6.07, 6.45) is 1.33. The Morgan fingerprint density at radius 1 is 1.04 bits per heavy atom. The molecule has 1 aliphatic rings. The van der Waals surface area contributed by atoms with Crippen LogP contribution >= 0.6 is 15.9 Å². The average Bonchev–Trinajstić information content (AvgIpc) is 2.70. The van der Waals surface area contributed by atoms with Gasteiger partial charge < -0.3 is 19.5 Å². The SMILES string of the molecule is O[C@H](COCCOc1ccccc1Br)CN1CCN(c2ccccn2)CC1. The van der Waals surface area contributed by atoms with E-state index in [0.717, 1.165) is 42.2 Å². The van der Waals surface area contributed by atoms with Gasteiger partial charge >= 0.3 is 0 Å². The van der Waals surface area contributed by atoms with Crippen LogP contribution in [0.4, 0.5) is 5.82 Å². The number of β-amino-alcohol motifs (C(OH)–C–C–N with tert-alkyl or cyclic N) is 1. The number of rotatable bonds is 9. The summed E-state index contributed by atoms with van der Waals surface area (Å²) >= 11 is 3.44. The lowest BCUT2D eigenvalue weighted by Gasteiger charge is -2.36. The zero-order chi connectivity index (χ0) is 18.9. The number of nitrogens with zero attached hydrogens (tertiary/aromatic N) is 3. The third-order valence-electron chi connectivity index (χ3n) is 4.45. The Hall–Kier alpha value is -1.67. The van der Waals surface area contributed by atoms with Gasteiger partial charge in [0.1, 0.15) is 18.2 Å². The molecule has 0 aliphatic carbocycles. The molecule has 0 spiro atoms. The van der Waals surface area contributed by atoms with Crippen LogP contribution in [0, 0.1) is 0 Å². The molecule has 1 atom stereocenters. The van der Waals surface area contributed by atoms with Gasteiger partial charge in [0.05, 0.1) is 23.8 Å². The Morgan fingerprint density at radius 2 is 1.81 bits per heavy atom. The first-order chi connectivity index (χ1) is 13.2. The molecule has 3 rings (SSSR count). The zero-order valence-corrected chi connectivity index (χ0v) is 16.9. The molecule has 146 valence electrons. The topological polar surface area (TPSA) is 58.1 Å². The van der Waals surface area contributed by atoms with Crippen LogP contribution in [0.15, 0.2) is 53.1 Å². The highest BCUT2D eigenvalue weighted by atomic mass is 79.9. The summed E-state index contributed by atoms with van der Waals surface area (Å²) in [6.45, 7) is 5.52. The monoisotopic (exact) mass is 435 g/mol. The van der Waals surface area contributed by atoms with E-state index in [-0.39, 0.29) is 0 Å². The average molecular weight is 436 g/mol. The molecule has 0 bridgehead atoms. The number of hydrogen-bond acceptors (Lipinski definition) is 6. The fourth-order valence-electron chi connectivity index (χ4n) is 3.04. The van der Waals surface area contributed by atoms with Crippen LogP contribution in [0.2, 0.25) is 0 Å². The first kappa shape index (κ1) is 20.1. The molecule has 0 unspecified atom stereocenters. The number of ether oxygens (including phenoxy) is 2. The number of halogens is 1. The van der Waals surface area contributed by atoms with Crippen molar-refractivity contribution in [1.82, 2.24) is 9.88 Å². The van der Waals surface area contributed by atoms with Crippen molar-refractivity contribution in [3.05, 3.63) is 53.1 Å². The highest BCUT2D eigenvalue weighted by Crippen LogP contribution is 2.23. The predicted octanol–water partition coefficient (Wildman–Crippen LogP) is 2.42. The molecular formula is C20H26BrN3O3. The number of benzene rings is 1. The summed E-state index contributed by atoms with van der Waals surface area (Å²) in [4.78, 5) is 8.94. The minimum Gasteiger partial charge on any atom is -0.490 e. The normalized spacial score (nSPS) is 16.3. The number of pyridine rings is 1. The number of para-hydroxylation sites is 1. The summed E-state index contributed by atoms with van der Waals surface area (Å²) in [5.74, 6) is 1.82. The number of hydrogen-bond donors (Lipinski definition) is 1. The molecule has 1 aliphatic heterocycles. The number of aliphatic hydroxyl groups excluding tert-OH is 1. The van der Waals surface area contributed by atoms with Gasteiger partial charge in [-0.3, -0.25) is 4.90 Å². The molecule has 0 amide bonds. The van der Waals surface area contributed by atoms with Gasteiger partial charge in [-0.15, -0.1) is 0 Å². The van der Waals surface area contributed by atoms with E-state index < -0.39 is 6.10 Å². The minimum absolute atomic E-state index is 0.319. The number of aromatic nitrogens is 1. The Kier molecular flexibility index (Phi) is 7.89. The zero-order valence-electron chi connectivity index (χ0n) is 15.3.